The van der Waals surface area contributed by atoms with Crippen molar-refractivity contribution in [3.05, 3.63) is 57.5 Å². The number of hydrogen-bond acceptors (Lipinski definition) is 4. The topological polar surface area (TPSA) is 96.2 Å². The van der Waals surface area contributed by atoms with Gasteiger partial charge in [-0.2, -0.15) is 0 Å². The highest BCUT2D eigenvalue weighted by Gasteiger charge is 2.10. The van der Waals surface area contributed by atoms with Crippen LogP contribution >= 0.6 is 11.6 Å². The van der Waals surface area contributed by atoms with Gasteiger partial charge in [-0.25, -0.2) is 4.79 Å². The number of hydrogen-bond donors (Lipinski definition) is 3. The summed E-state index contributed by atoms with van der Waals surface area (Å²) in [6, 6.07) is 8.46. The molecule has 7 nitrogen and oxygen atoms in total. The smallest absolute Gasteiger partial charge is 0.323 e. The highest BCUT2D eigenvalue weighted by molar-refractivity contribution is 6.32. The zero-order valence-corrected chi connectivity index (χ0v) is 14.8. The number of benzene rings is 2. The number of imidazole rings is 1. The van der Waals surface area contributed by atoms with E-state index in [1.54, 1.807) is 36.4 Å². The second kappa shape index (κ2) is 7.37. The summed E-state index contributed by atoms with van der Waals surface area (Å²) < 4.78 is 10.4. The zero-order chi connectivity index (χ0) is 18.7. The molecule has 1 aromatic heterocycles. The molecule has 3 N–H and O–H groups in total. The molecule has 0 saturated heterocycles. The predicted octanol–water partition coefficient (Wildman–Crippen LogP) is 3.18. The van der Waals surface area contributed by atoms with Crippen LogP contribution in [0.5, 0.6) is 11.5 Å². The van der Waals surface area contributed by atoms with E-state index in [-0.39, 0.29) is 11.6 Å². The molecule has 0 bridgehead atoms. The van der Waals surface area contributed by atoms with E-state index in [2.05, 4.69) is 15.3 Å². The summed E-state index contributed by atoms with van der Waals surface area (Å²) in [5.74, 6) is 0.583. The molecule has 0 saturated carbocycles. The number of carbonyl (C=O) groups excluding carboxylic acids is 1. The van der Waals surface area contributed by atoms with Gasteiger partial charge in [0.25, 0.3) is 0 Å². The second-order valence-electron chi connectivity index (χ2n) is 5.40. The minimum absolute atomic E-state index is 0.297. The summed E-state index contributed by atoms with van der Waals surface area (Å²) >= 11 is 6.14. The lowest BCUT2D eigenvalue weighted by atomic mass is 10.2. The number of ether oxygens (including phenoxy) is 2. The predicted molar refractivity (Wildman–Crippen MR) is 101 cm³/mol. The first-order valence-corrected chi connectivity index (χ1v) is 8.00. The van der Waals surface area contributed by atoms with Crippen molar-refractivity contribution in [2.75, 3.05) is 19.5 Å². The molecular weight excluding hydrogens is 358 g/mol. The molecular formula is C18H16ClN3O4. The third-order valence-electron chi connectivity index (χ3n) is 3.67. The summed E-state index contributed by atoms with van der Waals surface area (Å²) in [7, 11) is 3.01. The van der Waals surface area contributed by atoms with Crippen LogP contribution < -0.4 is 20.5 Å². The SMILES string of the molecule is COc1cc(/C=C/C(=O)Nc2ccc3[nH]c(=O)[nH]c3c2)cc(Cl)c1OC. The van der Waals surface area contributed by atoms with Crippen molar-refractivity contribution in [3.8, 4) is 11.5 Å². The van der Waals surface area contributed by atoms with Gasteiger partial charge in [-0.1, -0.05) is 11.6 Å². The molecule has 3 rings (SSSR count). The number of rotatable bonds is 5. The maximum Gasteiger partial charge on any atom is 0.323 e. The van der Waals surface area contributed by atoms with E-state index in [9.17, 15) is 9.59 Å². The zero-order valence-electron chi connectivity index (χ0n) is 14.1. The lowest BCUT2D eigenvalue weighted by Gasteiger charge is -2.10. The van der Waals surface area contributed by atoms with E-state index in [0.717, 1.165) is 0 Å². The molecule has 1 amide bonds. The third-order valence-corrected chi connectivity index (χ3v) is 3.95. The van der Waals surface area contributed by atoms with Gasteiger partial charge >= 0.3 is 5.69 Å². The Morgan fingerprint density at radius 3 is 2.62 bits per heavy atom. The molecule has 0 radical (unpaired) electrons. The number of fused-ring (bicyclic) bond motifs is 1. The van der Waals surface area contributed by atoms with E-state index >= 15 is 0 Å². The number of methoxy groups -OCH3 is 2. The summed E-state index contributed by atoms with van der Waals surface area (Å²) in [5, 5.41) is 3.11. The number of carbonyl (C=O) groups is 1. The second-order valence-corrected chi connectivity index (χ2v) is 5.81. The minimum Gasteiger partial charge on any atom is -0.493 e. The summed E-state index contributed by atoms with van der Waals surface area (Å²) in [6.07, 6.45) is 2.99. The molecule has 0 aliphatic heterocycles. The van der Waals surface area contributed by atoms with Crippen molar-refractivity contribution < 1.29 is 14.3 Å². The van der Waals surface area contributed by atoms with Gasteiger partial charge in [0, 0.05) is 11.8 Å². The van der Waals surface area contributed by atoms with Crippen LogP contribution in [0, 0.1) is 0 Å². The number of aromatic amines is 2. The van der Waals surface area contributed by atoms with E-state index < -0.39 is 0 Å². The normalized spacial score (nSPS) is 11.0. The monoisotopic (exact) mass is 373 g/mol. The molecule has 0 fully saturated rings. The lowest BCUT2D eigenvalue weighted by Crippen LogP contribution is -2.07. The van der Waals surface area contributed by atoms with Crippen LogP contribution in [0.15, 0.2) is 41.2 Å². The Morgan fingerprint density at radius 1 is 1.12 bits per heavy atom. The number of anilines is 1. The van der Waals surface area contributed by atoms with Gasteiger partial charge in [0.1, 0.15) is 0 Å². The molecule has 26 heavy (non-hydrogen) atoms. The third kappa shape index (κ3) is 3.73. The number of H-pyrrole nitrogens is 2. The van der Waals surface area contributed by atoms with Crippen LogP contribution in [-0.4, -0.2) is 30.1 Å². The maximum atomic E-state index is 12.1. The van der Waals surface area contributed by atoms with Gasteiger partial charge in [-0.3, -0.25) is 4.79 Å². The Bertz CT molecular complexity index is 1050. The average molecular weight is 374 g/mol. The highest BCUT2D eigenvalue weighted by Crippen LogP contribution is 2.36. The Hall–Kier alpha value is -3.19. The van der Waals surface area contributed by atoms with Crippen LogP contribution in [0.4, 0.5) is 5.69 Å². The quantitative estimate of drug-likeness (QED) is 0.598. The average Bonchev–Trinajstić information content (AvgIpc) is 2.98. The molecule has 0 aliphatic rings. The van der Waals surface area contributed by atoms with Crippen LogP contribution in [0.25, 0.3) is 17.1 Å². The van der Waals surface area contributed by atoms with Crippen molar-refractivity contribution >= 4 is 40.3 Å². The van der Waals surface area contributed by atoms with Crippen LogP contribution in [0.3, 0.4) is 0 Å². The standard InChI is InChI=1S/C18H16ClN3O4/c1-25-15-8-10(7-12(19)17(15)26-2)3-6-16(23)20-11-4-5-13-14(9-11)22-18(24)21-13/h3-9H,1-2H3,(H,20,23)(H2,21,22,24)/b6-3+. The van der Waals surface area contributed by atoms with Gasteiger partial charge in [0.05, 0.1) is 30.3 Å². The fourth-order valence-electron chi connectivity index (χ4n) is 2.50. The molecule has 3 aromatic rings. The van der Waals surface area contributed by atoms with Crippen molar-refractivity contribution in [1.29, 1.82) is 0 Å². The minimum atomic E-state index is -0.326. The largest absolute Gasteiger partial charge is 0.493 e. The van der Waals surface area contributed by atoms with E-state index in [0.29, 0.717) is 38.8 Å². The Balaban J connectivity index is 1.76. The number of halogens is 1. The summed E-state index contributed by atoms with van der Waals surface area (Å²) in [4.78, 5) is 28.7. The first kappa shape index (κ1) is 17.6. The Morgan fingerprint density at radius 2 is 1.88 bits per heavy atom. The molecule has 0 atom stereocenters. The highest BCUT2D eigenvalue weighted by atomic mass is 35.5. The van der Waals surface area contributed by atoms with Crippen molar-refractivity contribution in [3.63, 3.8) is 0 Å². The van der Waals surface area contributed by atoms with Gasteiger partial charge in [0.2, 0.25) is 5.91 Å². The van der Waals surface area contributed by atoms with Crippen molar-refractivity contribution in [2.45, 2.75) is 0 Å². The molecule has 0 unspecified atom stereocenters. The van der Waals surface area contributed by atoms with Crippen LogP contribution in [0.1, 0.15) is 5.56 Å². The lowest BCUT2D eigenvalue weighted by molar-refractivity contribution is -0.111. The summed E-state index contributed by atoms with van der Waals surface area (Å²) in [6.45, 7) is 0. The first-order valence-electron chi connectivity index (χ1n) is 7.63. The number of aromatic nitrogens is 2. The van der Waals surface area contributed by atoms with E-state index in [1.807, 2.05) is 0 Å². The number of amides is 1. The van der Waals surface area contributed by atoms with Gasteiger partial charge in [-0.05, 0) is 42.0 Å². The Labute approximate surface area is 153 Å². The van der Waals surface area contributed by atoms with Crippen LogP contribution in [0.2, 0.25) is 5.02 Å². The molecule has 0 aliphatic carbocycles. The van der Waals surface area contributed by atoms with E-state index in [1.165, 1.54) is 20.3 Å². The molecule has 1 heterocycles. The van der Waals surface area contributed by atoms with Gasteiger partial charge in [0.15, 0.2) is 11.5 Å². The molecule has 2 aromatic carbocycles. The summed E-state index contributed by atoms with van der Waals surface area (Å²) in [5.41, 5.74) is 2.24. The fraction of sp³-hybridized carbons (Fsp3) is 0.111. The van der Waals surface area contributed by atoms with E-state index in [4.69, 9.17) is 21.1 Å². The number of nitrogens with one attached hydrogen (secondary N) is 3. The van der Waals surface area contributed by atoms with Crippen molar-refractivity contribution in [2.24, 2.45) is 0 Å². The van der Waals surface area contributed by atoms with Crippen molar-refractivity contribution in [1.82, 2.24) is 9.97 Å². The first-order chi connectivity index (χ1) is 12.5. The van der Waals surface area contributed by atoms with Crippen LogP contribution in [-0.2, 0) is 4.79 Å². The van der Waals surface area contributed by atoms with Gasteiger partial charge < -0.3 is 24.8 Å². The molecule has 134 valence electrons. The molecule has 8 heteroatoms. The van der Waals surface area contributed by atoms with Gasteiger partial charge in [-0.15, -0.1) is 0 Å². The Kier molecular flexibility index (Phi) is 4.99. The maximum absolute atomic E-state index is 12.1. The molecule has 0 spiro atoms. The fourth-order valence-corrected chi connectivity index (χ4v) is 2.80.